The van der Waals surface area contributed by atoms with E-state index in [1.165, 1.54) is 9.80 Å². The zero-order chi connectivity index (χ0) is 43.7. The molecule has 0 unspecified atom stereocenters. The molecule has 0 aromatic heterocycles. The highest BCUT2D eigenvalue weighted by Crippen LogP contribution is 2.43. The molecule has 6 nitrogen and oxygen atoms in total. The first-order valence-corrected chi connectivity index (χ1v) is 21.1. The van der Waals surface area contributed by atoms with Crippen molar-refractivity contribution >= 4 is 78.1 Å². The van der Waals surface area contributed by atoms with Crippen molar-refractivity contribution in [1.82, 2.24) is 0 Å². The molecule has 7 aromatic rings. The zero-order valence-corrected chi connectivity index (χ0v) is 35.9. The van der Waals surface area contributed by atoms with Crippen LogP contribution in [-0.2, 0) is 0 Å². The highest BCUT2D eigenvalue weighted by Gasteiger charge is 2.39. The Balaban J connectivity index is 1.22. The molecule has 0 aliphatic carbocycles. The van der Waals surface area contributed by atoms with Gasteiger partial charge in [-0.2, -0.15) is 0 Å². The van der Waals surface area contributed by atoms with Gasteiger partial charge in [0.05, 0.1) is 11.4 Å². The second kappa shape index (κ2) is 15.1. The zero-order valence-electron chi connectivity index (χ0n) is 35.9. The van der Waals surface area contributed by atoms with Gasteiger partial charge in [-0.25, -0.2) is 9.80 Å². The number of rotatable bonds is 6. The van der Waals surface area contributed by atoms with E-state index >= 15 is 0 Å². The van der Waals surface area contributed by atoms with Gasteiger partial charge >= 0.3 is 0 Å². The largest absolute Gasteiger partial charge is 0.268 e. The Morgan fingerprint density at radius 3 is 0.806 bits per heavy atom. The van der Waals surface area contributed by atoms with Crippen molar-refractivity contribution in [2.75, 3.05) is 9.80 Å². The van der Waals surface area contributed by atoms with Crippen molar-refractivity contribution in [1.29, 1.82) is 0 Å². The first-order chi connectivity index (χ1) is 29.8. The summed E-state index contributed by atoms with van der Waals surface area (Å²) in [6.45, 7) is 16.5. The summed E-state index contributed by atoms with van der Waals surface area (Å²) >= 11 is 0. The highest BCUT2D eigenvalue weighted by atomic mass is 16.2. The third-order valence-electron chi connectivity index (χ3n) is 12.1. The molecule has 6 heteroatoms. The molecule has 0 saturated carbocycles. The van der Waals surface area contributed by atoms with Crippen molar-refractivity contribution in [2.45, 2.75) is 79.1 Å². The van der Waals surface area contributed by atoms with E-state index in [9.17, 15) is 19.2 Å². The second-order valence-corrected chi connectivity index (χ2v) is 17.2. The quantitative estimate of drug-likeness (QED) is 0.157. The summed E-state index contributed by atoms with van der Waals surface area (Å²) in [5, 5.41) is 4.41. The van der Waals surface area contributed by atoms with Crippen molar-refractivity contribution in [3.8, 4) is 0 Å². The Hall–Kier alpha value is -7.64. The number of carbonyl (C=O) groups is 4. The highest BCUT2D eigenvalue weighted by molar-refractivity contribution is 6.39. The number of nitrogens with zero attached hydrogens (tertiary/aromatic N) is 2. The molecule has 0 bridgehead atoms. The smallest absolute Gasteiger partial charge is 0.266 e. The fraction of sp³-hybridized carbons (Fsp3) is 0.214. The van der Waals surface area contributed by atoms with Crippen LogP contribution in [0.15, 0.2) is 84.9 Å². The van der Waals surface area contributed by atoms with Gasteiger partial charge in [-0.3, -0.25) is 19.2 Å². The van der Waals surface area contributed by atoms with Gasteiger partial charge in [0.25, 0.3) is 23.6 Å². The lowest BCUT2D eigenvalue weighted by molar-refractivity contribution is 0.0877. The molecule has 0 radical (unpaired) electrons. The Morgan fingerprint density at radius 1 is 0.339 bits per heavy atom. The number of hydrogen-bond acceptors (Lipinski definition) is 4. The summed E-state index contributed by atoms with van der Waals surface area (Å²) in [6.07, 6.45) is 0. The van der Waals surface area contributed by atoms with Crippen LogP contribution in [0.3, 0.4) is 0 Å². The molecule has 300 valence electrons. The summed E-state index contributed by atoms with van der Waals surface area (Å²) < 4.78 is 0. The number of benzene rings is 6. The van der Waals surface area contributed by atoms with Crippen molar-refractivity contribution in [2.24, 2.45) is 0 Å². The van der Waals surface area contributed by atoms with Gasteiger partial charge in [0.15, 0.2) is 0 Å². The van der Waals surface area contributed by atoms with Crippen molar-refractivity contribution in [3.05, 3.63) is 178 Å². The summed E-state index contributed by atoms with van der Waals surface area (Å²) in [5.74, 6) is -1.32. The van der Waals surface area contributed by atoms with Gasteiger partial charge < -0.3 is 0 Å². The molecule has 0 N–H and O–H groups in total. The van der Waals surface area contributed by atoms with Gasteiger partial charge in [-0.05, 0) is 119 Å². The standard InChI is InChI=1S/C56H42N2O4/c1-31(2)39-19-13-20-40(32(3)4)51(39)57-53(59)43-27-23-35-15-9-11-17-37-25-29-45-50-46(56(62)58(55(45)61)52-41(33(5)6)21-14-22-42(52)34(7)8)30-26-38(48(37)50)18-12-10-16-36-24-28-44(54(57)60)49(43)47(35)36/h13-14,19-34H,1-8H3. The topological polar surface area (TPSA) is 74.8 Å². The van der Waals surface area contributed by atoms with E-state index in [4.69, 9.17) is 0 Å². The van der Waals surface area contributed by atoms with Crippen LogP contribution in [0.5, 0.6) is 0 Å². The number of para-hydroxylation sites is 2. The van der Waals surface area contributed by atoms with E-state index < -0.39 is 23.6 Å². The molecule has 4 amide bonds. The molecule has 7 aromatic carbocycles. The first kappa shape index (κ1) is 39.8. The van der Waals surface area contributed by atoms with E-state index in [2.05, 4.69) is 104 Å². The molecule has 0 atom stereocenters. The molecule has 0 saturated heterocycles. The SMILES string of the molecule is CC(C)c1cccc(C(C)C)c1N1C(=O)c2ccc3c#cc#cc4ccc5c6c(ccc(c#cc#cc7ccc(c2c37)C1=O)c46)C(=O)N(c1c(C(C)C)cccc1C(C)C)C5=O. The Bertz CT molecular complexity index is 2780. The summed E-state index contributed by atoms with van der Waals surface area (Å²) in [6, 6.07) is 50.8. The van der Waals surface area contributed by atoms with Crippen LogP contribution in [-0.4, -0.2) is 23.6 Å². The molecule has 0 fully saturated rings. The van der Waals surface area contributed by atoms with Crippen LogP contribution in [0.4, 0.5) is 11.4 Å². The number of hydrogen-bond donors (Lipinski definition) is 0. The molecule has 0 spiro atoms. The molecule has 9 rings (SSSR count). The third kappa shape index (κ3) is 6.11. The average Bonchev–Trinajstić information content (AvgIpc) is 3.25. The van der Waals surface area contributed by atoms with Crippen LogP contribution < -0.4 is 9.80 Å². The Labute approximate surface area is 362 Å². The van der Waals surface area contributed by atoms with Gasteiger partial charge in [0.1, 0.15) is 0 Å². The minimum Gasteiger partial charge on any atom is -0.268 e. The fourth-order valence-electron chi connectivity index (χ4n) is 9.13. The molecule has 2 heterocycles. The molecule has 2 aliphatic heterocycles. The van der Waals surface area contributed by atoms with Crippen LogP contribution >= 0.6 is 0 Å². The van der Waals surface area contributed by atoms with Crippen LogP contribution in [0.2, 0.25) is 0 Å². The predicted octanol–water partition coefficient (Wildman–Crippen LogP) is 12.5. The maximum atomic E-state index is 14.6. The van der Waals surface area contributed by atoms with Gasteiger partial charge in [0, 0.05) is 65.3 Å². The van der Waals surface area contributed by atoms with Gasteiger partial charge in [0.2, 0.25) is 0 Å². The lowest BCUT2D eigenvalue weighted by Gasteiger charge is -2.32. The average molecular weight is 807 g/mol. The van der Waals surface area contributed by atoms with Crippen LogP contribution in [0.1, 0.15) is 143 Å². The Morgan fingerprint density at radius 2 is 0.581 bits per heavy atom. The van der Waals surface area contributed by atoms with Crippen molar-refractivity contribution < 1.29 is 19.2 Å². The molecular formula is C56H42N2O4. The van der Waals surface area contributed by atoms with Crippen molar-refractivity contribution in [3.63, 3.8) is 0 Å². The van der Waals surface area contributed by atoms with E-state index in [1.807, 2.05) is 36.4 Å². The van der Waals surface area contributed by atoms with E-state index in [-0.39, 0.29) is 23.7 Å². The maximum Gasteiger partial charge on any atom is 0.266 e. The first-order valence-electron chi connectivity index (χ1n) is 21.1. The second-order valence-electron chi connectivity index (χ2n) is 17.2. The summed E-state index contributed by atoms with van der Waals surface area (Å²) in [4.78, 5) is 61.1. The molecule has 62 heavy (non-hydrogen) atoms. The lowest BCUT2D eigenvalue weighted by atomic mass is 9.87. The maximum absolute atomic E-state index is 14.6. The predicted molar refractivity (Wildman–Crippen MR) is 245 cm³/mol. The molecular weight excluding hydrogens is 765 g/mol. The van der Waals surface area contributed by atoms with E-state index in [0.29, 0.717) is 76.7 Å². The summed E-state index contributed by atoms with van der Waals surface area (Å²) in [7, 11) is 0. The normalized spacial score (nSPS) is 13.3. The third-order valence-corrected chi connectivity index (χ3v) is 12.1. The number of imide groups is 2. The van der Waals surface area contributed by atoms with Crippen LogP contribution in [0, 0.1) is 48.5 Å². The van der Waals surface area contributed by atoms with Crippen LogP contribution in [0.25, 0.3) is 43.1 Å². The summed E-state index contributed by atoms with van der Waals surface area (Å²) in [5.41, 5.74) is 6.54. The van der Waals surface area contributed by atoms with Gasteiger partial charge in [-0.1, -0.05) is 116 Å². The van der Waals surface area contributed by atoms with Gasteiger partial charge in [-0.15, -0.1) is 0 Å². The minimum atomic E-state index is -0.401. The molecule has 2 aliphatic rings. The lowest BCUT2D eigenvalue weighted by Crippen LogP contribution is -2.41. The fourth-order valence-corrected chi connectivity index (χ4v) is 9.13. The van der Waals surface area contributed by atoms with E-state index in [0.717, 1.165) is 22.3 Å². The van der Waals surface area contributed by atoms with E-state index in [1.54, 1.807) is 48.5 Å². The number of carbonyl (C=O) groups excluding carboxylic acids is 4. The minimum absolute atomic E-state index is 0.0704. The number of anilines is 2. The Kier molecular flexibility index (Phi) is 9.71. The monoisotopic (exact) mass is 806 g/mol. The number of amides is 4.